The third-order valence-corrected chi connectivity index (χ3v) is 7.23. The van der Waals surface area contributed by atoms with Crippen molar-refractivity contribution in [2.75, 3.05) is 13.1 Å². The second-order valence-corrected chi connectivity index (χ2v) is 11.3. The molecular formula is C26H35N3O4. The van der Waals surface area contributed by atoms with Crippen LogP contribution in [0.25, 0.3) is 0 Å². The number of carbonyl (C=O) groups is 3. The summed E-state index contributed by atoms with van der Waals surface area (Å²) in [5, 5.41) is 3.25. The van der Waals surface area contributed by atoms with Crippen LogP contribution in [0.3, 0.4) is 0 Å². The summed E-state index contributed by atoms with van der Waals surface area (Å²) >= 11 is 0. The summed E-state index contributed by atoms with van der Waals surface area (Å²) < 4.78 is 5.48. The molecule has 0 radical (unpaired) electrons. The zero-order valence-corrected chi connectivity index (χ0v) is 19.8. The van der Waals surface area contributed by atoms with Crippen LogP contribution < -0.4 is 5.32 Å². The molecule has 178 valence electrons. The summed E-state index contributed by atoms with van der Waals surface area (Å²) in [5.41, 5.74) is 0.548. The molecule has 1 aliphatic heterocycles. The van der Waals surface area contributed by atoms with Crippen LogP contribution in [0.15, 0.2) is 30.3 Å². The van der Waals surface area contributed by atoms with Crippen molar-refractivity contribution in [1.82, 2.24) is 15.1 Å². The van der Waals surface area contributed by atoms with Gasteiger partial charge in [-0.25, -0.2) is 4.79 Å². The topological polar surface area (TPSA) is 79.0 Å². The van der Waals surface area contributed by atoms with Gasteiger partial charge in [-0.15, -0.1) is 0 Å². The number of piperidine rings is 1. The minimum Gasteiger partial charge on any atom is -0.444 e. The van der Waals surface area contributed by atoms with Crippen molar-refractivity contribution in [1.29, 1.82) is 0 Å². The average Bonchev–Trinajstić information content (AvgIpc) is 3.66. The summed E-state index contributed by atoms with van der Waals surface area (Å²) in [4.78, 5) is 42.6. The third-order valence-electron chi connectivity index (χ3n) is 7.23. The van der Waals surface area contributed by atoms with Gasteiger partial charge in [0.25, 0.3) is 0 Å². The van der Waals surface area contributed by atoms with E-state index in [1.165, 1.54) is 0 Å². The van der Waals surface area contributed by atoms with Gasteiger partial charge in [-0.1, -0.05) is 30.3 Å². The van der Waals surface area contributed by atoms with Crippen molar-refractivity contribution in [3.8, 4) is 0 Å². The molecule has 4 aliphatic rings. The van der Waals surface area contributed by atoms with Gasteiger partial charge in [0.1, 0.15) is 11.6 Å². The van der Waals surface area contributed by atoms with Gasteiger partial charge in [0.2, 0.25) is 11.8 Å². The molecule has 1 saturated heterocycles. The van der Waals surface area contributed by atoms with E-state index < -0.39 is 11.6 Å². The van der Waals surface area contributed by atoms with Crippen LogP contribution in [0.1, 0.15) is 52.0 Å². The highest BCUT2D eigenvalue weighted by Crippen LogP contribution is 2.46. The molecule has 7 nitrogen and oxygen atoms in total. The SMILES string of the molecule is CC(C)(C)OC(=O)N1C[C@@H]2C(NC(=O)C(C3CC3)N(Cc3ccccc3)C(=O)C3CC3)[C@@H]2C1. The van der Waals surface area contributed by atoms with E-state index in [9.17, 15) is 14.4 Å². The summed E-state index contributed by atoms with van der Waals surface area (Å²) in [7, 11) is 0. The van der Waals surface area contributed by atoms with Crippen LogP contribution in [0.2, 0.25) is 0 Å². The van der Waals surface area contributed by atoms with E-state index in [0.717, 1.165) is 31.2 Å². The zero-order valence-electron chi connectivity index (χ0n) is 19.8. The number of ether oxygens (including phenoxy) is 1. The molecule has 2 unspecified atom stereocenters. The highest BCUT2D eigenvalue weighted by atomic mass is 16.6. The first-order valence-electron chi connectivity index (χ1n) is 12.3. The monoisotopic (exact) mass is 453 g/mol. The van der Waals surface area contributed by atoms with Gasteiger partial charge in [0.15, 0.2) is 0 Å². The van der Waals surface area contributed by atoms with Crippen molar-refractivity contribution >= 4 is 17.9 Å². The quantitative estimate of drug-likeness (QED) is 0.688. The molecule has 5 rings (SSSR count). The molecule has 3 amide bonds. The predicted octanol–water partition coefficient (Wildman–Crippen LogP) is 3.19. The van der Waals surface area contributed by atoms with Crippen molar-refractivity contribution < 1.29 is 19.1 Å². The Bertz CT molecular complexity index is 907. The number of hydrogen-bond donors (Lipinski definition) is 1. The third kappa shape index (κ3) is 5.02. The van der Waals surface area contributed by atoms with E-state index >= 15 is 0 Å². The summed E-state index contributed by atoms with van der Waals surface area (Å²) in [6.45, 7) is 7.32. The van der Waals surface area contributed by atoms with Gasteiger partial charge in [-0.2, -0.15) is 0 Å². The Morgan fingerprint density at radius 2 is 1.70 bits per heavy atom. The first-order chi connectivity index (χ1) is 15.7. The Hall–Kier alpha value is -2.57. The maximum atomic E-state index is 13.5. The van der Waals surface area contributed by atoms with Crippen LogP contribution in [-0.4, -0.2) is 58.5 Å². The van der Waals surface area contributed by atoms with Crippen molar-refractivity contribution in [3.05, 3.63) is 35.9 Å². The lowest BCUT2D eigenvalue weighted by Crippen LogP contribution is -2.52. The molecule has 33 heavy (non-hydrogen) atoms. The van der Waals surface area contributed by atoms with E-state index in [4.69, 9.17) is 4.74 Å². The van der Waals surface area contributed by atoms with Crippen LogP contribution in [0.5, 0.6) is 0 Å². The normalized spacial score (nSPS) is 26.9. The molecule has 1 aromatic carbocycles. The summed E-state index contributed by atoms with van der Waals surface area (Å²) in [5.74, 6) is 0.980. The van der Waals surface area contributed by atoms with E-state index in [1.807, 2.05) is 56.0 Å². The van der Waals surface area contributed by atoms with E-state index in [-0.39, 0.29) is 47.6 Å². The van der Waals surface area contributed by atoms with E-state index in [2.05, 4.69) is 5.32 Å². The number of hydrogen-bond acceptors (Lipinski definition) is 4. The highest BCUT2D eigenvalue weighted by molar-refractivity contribution is 5.90. The number of rotatable bonds is 7. The molecule has 1 aromatic rings. The molecule has 4 fully saturated rings. The van der Waals surface area contributed by atoms with Gasteiger partial charge >= 0.3 is 6.09 Å². The summed E-state index contributed by atoms with van der Waals surface area (Å²) in [6.07, 6.45) is 3.56. The van der Waals surface area contributed by atoms with Crippen molar-refractivity contribution in [2.24, 2.45) is 23.7 Å². The van der Waals surface area contributed by atoms with Crippen LogP contribution in [-0.2, 0) is 20.9 Å². The molecule has 0 spiro atoms. The molecule has 0 aromatic heterocycles. The second-order valence-electron chi connectivity index (χ2n) is 11.3. The largest absolute Gasteiger partial charge is 0.444 e. The second kappa shape index (κ2) is 8.33. The molecule has 1 N–H and O–H groups in total. The fraction of sp³-hybridized carbons (Fsp3) is 0.654. The first-order valence-corrected chi connectivity index (χ1v) is 12.3. The number of fused-ring (bicyclic) bond motifs is 1. The van der Waals surface area contributed by atoms with Gasteiger partial charge in [0.05, 0.1) is 0 Å². The zero-order chi connectivity index (χ0) is 23.3. The lowest BCUT2D eigenvalue weighted by Gasteiger charge is -2.32. The lowest BCUT2D eigenvalue weighted by atomic mass is 10.1. The number of carbonyl (C=O) groups excluding carboxylic acids is 3. The molecule has 7 heteroatoms. The van der Waals surface area contributed by atoms with Crippen molar-refractivity contribution in [2.45, 2.75) is 70.7 Å². The molecular weight excluding hydrogens is 418 g/mol. The van der Waals surface area contributed by atoms with Crippen LogP contribution in [0.4, 0.5) is 4.79 Å². The van der Waals surface area contributed by atoms with E-state index in [0.29, 0.717) is 19.6 Å². The van der Waals surface area contributed by atoms with Gasteiger partial charge in [-0.3, -0.25) is 9.59 Å². The number of nitrogens with one attached hydrogen (secondary N) is 1. The Kier molecular flexibility index (Phi) is 5.61. The Balaban J connectivity index is 1.22. The average molecular weight is 454 g/mol. The van der Waals surface area contributed by atoms with Gasteiger partial charge in [0, 0.05) is 43.4 Å². The fourth-order valence-corrected chi connectivity index (χ4v) is 5.15. The predicted molar refractivity (Wildman–Crippen MR) is 123 cm³/mol. The van der Waals surface area contributed by atoms with Crippen LogP contribution in [0, 0.1) is 23.7 Å². The molecule has 3 saturated carbocycles. The fourth-order valence-electron chi connectivity index (χ4n) is 5.15. The minimum atomic E-state index is -0.509. The molecule has 0 bridgehead atoms. The van der Waals surface area contributed by atoms with Crippen LogP contribution >= 0.6 is 0 Å². The van der Waals surface area contributed by atoms with Gasteiger partial charge in [-0.05, 0) is 57.9 Å². The number of benzene rings is 1. The smallest absolute Gasteiger partial charge is 0.410 e. The Labute approximate surface area is 195 Å². The Morgan fingerprint density at radius 1 is 1.06 bits per heavy atom. The maximum absolute atomic E-state index is 13.5. The molecule has 3 aliphatic carbocycles. The molecule has 4 atom stereocenters. The van der Waals surface area contributed by atoms with Gasteiger partial charge < -0.3 is 19.9 Å². The number of likely N-dealkylation sites (tertiary alicyclic amines) is 1. The highest BCUT2D eigenvalue weighted by Gasteiger charge is 2.59. The summed E-state index contributed by atoms with van der Waals surface area (Å²) in [6, 6.07) is 9.64. The number of nitrogens with zero attached hydrogens (tertiary/aromatic N) is 2. The standard InChI is InChI=1S/C26H35N3O4/c1-26(2,3)33-25(32)28-14-19-20(15-28)21(19)27-23(30)22(17-9-10-17)29(24(31)18-11-12-18)13-16-7-5-4-6-8-16/h4-8,17-22H,9-15H2,1-3H3,(H,27,30)/t19-,20+,21?,22?. The lowest BCUT2D eigenvalue weighted by molar-refractivity contribution is -0.143. The molecule has 1 heterocycles. The maximum Gasteiger partial charge on any atom is 0.410 e. The van der Waals surface area contributed by atoms with E-state index in [1.54, 1.807) is 4.90 Å². The minimum absolute atomic E-state index is 0.0225. The number of amides is 3. The first kappa shape index (κ1) is 22.2. The Morgan fingerprint density at radius 3 is 2.24 bits per heavy atom. The van der Waals surface area contributed by atoms with Crippen molar-refractivity contribution in [3.63, 3.8) is 0 Å².